The van der Waals surface area contributed by atoms with E-state index in [-0.39, 0.29) is 11.8 Å². The van der Waals surface area contributed by atoms with E-state index in [1.165, 1.54) is 60.5 Å². The van der Waals surface area contributed by atoms with Gasteiger partial charge in [-0.05, 0) is 153 Å². The summed E-state index contributed by atoms with van der Waals surface area (Å²) in [5, 5.41) is 15.0. The van der Waals surface area contributed by atoms with Crippen molar-refractivity contribution in [3.05, 3.63) is 209 Å². The summed E-state index contributed by atoms with van der Waals surface area (Å²) >= 11 is 0. The monoisotopic (exact) mass is 920 g/mol. The number of fused-ring (bicyclic) bond motifs is 6. The molecule has 346 valence electrons. The third kappa shape index (κ3) is 7.78. The van der Waals surface area contributed by atoms with E-state index in [4.69, 9.17) is 11.6 Å². The van der Waals surface area contributed by atoms with Gasteiger partial charge in [-0.25, -0.2) is 9.83 Å². The van der Waals surface area contributed by atoms with Crippen molar-refractivity contribution in [2.45, 2.75) is 79.1 Å². The zero-order chi connectivity index (χ0) is 49.2. The third-order valence-corrected chi connectivity index (χ3v) is 14.4. The molecule has 0 fully saturated rings. The van der Waals surface area contributed by atoms with E-state index in [9.17, 15) is 5.26 Å². The van der Waals surface area contributed by atoms with E-state index in [2.05, 4.69) is 220 Å². The molecule has 6 heteroatoms. The highest BCUT2D eigenvalue weighted by Crippen LogP contribution is 2.43. The molecule has 0 aliphatic carbocycles. The highest BCUT2D eigenvalue weighted by molar-refractivity contribution is 6.13. The van der Waals surface area contributed by atoms with Crippen LogP contribution >= 0.6 is 0 Å². The van der Waals surface area contributed by atoms with E-state index in [1.807, 2.05) is 24.4 Å². The summed E-state index contributed by atoms with van der Waals surface area (Å²) in [5.74, 6) is 1.86. The molecule has 0 radical (unpaired) electrons. The highest BCUT2D eigenvalue weighted by atomic mass is 15.1. The fraction of sp³-hybridized carbons (Fsp3) is 0.185. The van der Waals surface area contributed by atoms with E-state index < -0.39 is 0 Å². The average molecular weight is 921 g/mol. The van der Waals surface area contributed by atoms with Gasteiger partial charge in [0.2, 0.25) is 0 Å². The van der Waals surface area contributed by atoms with Crippen LogP contribution in [0.15, 0.2) is 170 Å². The van der Waals surface area contributed by atoms with E-state index >= 15 is 0 Å². The normalized spacial score (nSPS) is 11.9. The molecule has 0 amide bonds. The standard InChI is InChI=1S/C65H56N6/c1-39(2)43-17-24-52(25-18-43)70-60-16-11-10-15-54(60)57-32-45(21-28-61(57)70)46-22-29-62-58(33-46)59-34-47(23-30-63(59)71(62)53-26-19-44(20-27-53)40(3)4)49-35-55(41(5)6)64(56(36-49)42(7)8)69-38-51(37-66)68-65(69)48-13-12-14-50(31-48)67-9/h10-36,38-42H,1-8H3. The van der Waals surface area contributed by atoms with Crippen LogP contribution in [0.25, 0.3) is 99.2 Å². The second-order valence-electron chi connectivity index (χ2n) is 20.3. The number of hydrogen-bond donors (Lipinski definition) is 0. The zero-order valence-corrected chi connectivity index (χ0v) is 41.7. The first kappa shape index (κ1) is 45.0. The molecule has 8 aromatic carbocycles. The number of rotatable bonds is 10. The number of para-hydroxylation sites is 1. The summed E-state index contributed by atoms with van der Waals surface area (Å²) in [6.07, 6.45) is 1.85. The van der Waals surface area contributed by atoms with Crippen LogP contribution < -0.4 is 0 Å². The first-order valence-corrected chi connectivity index (χ1v) is 24.9. The number of nitrogens with zero attached hydrogens (tertiary/aromatic N) is 6. The predicted molar refractivity (Wildman–Crippen MR) is 296 cm³/mol. The van der Waals surface area contributed by atoms with E-state index in [0.29, 0.717) is 29.0 Å². The molecule has 0 N–H and O–H groups in total. The Kier molecular flexibility index (Phi) is 11.3. The molecule has 6 nitrogen and oxygen atoms in total. The molecule has 11 aromatic rings. The van der Waals surface area contributed by atoms with Gasteiger partial charge in [-0.3, -0.25) is 4.57 Å². The summed E-state index contributed by atoms with van der Waals surface area (Å²) in [6, 6.07) is 62.2. The smallest absolute Gasteiger partial charge is 0.187 e. The Bertz CT molecular complexity index is 3920. The van der Waals surface area contributed by atoms with Crippen molar-refractivity contribution in [2.75, 3.05) is 0 Å². The topological polar surface area (TPSA) is 55.8 Å². The number of imidazole rings is 1. The van der Waals surface area contributed by atoms with Crippen molar-refractivity contribution in [2.24, 2.45) is 0 Å². The van der Waals surface area contributed by atoms with Crippen molar-refractivity contribution in [1.29, 1.82) is 5.26 Å². The molecule has 0 unspecified atom stereocenters. The van der Waals surface area contributed by atoms with Gasteiger partial charge in [-0.15, -0.1) is 0 Å². The Morgan fingerprint density at radius 3 is 1.42 bits per heavy atom. The molecule has 0 saturated heterocycles. The molecule has 0 aliphatic rings. The van der Waals surface area contributed by atoms with Crippen LogP contribution in [0, 0.1) is 17.9 Å². The summed E-state index contributed by atoms with van der Waals surface area (Å²) in [7, 11) is 0. The van der Waals surface area contributed by atoms with Crippen LogP contribution in [0.2, 0.25) is 0 Å². The SMILES string of the molecule is [C-]#[N+]c1cccc(-c2nc(C#N)cn2-c2c(C(C)C)cc(-c3ccc4c(c3)c3cc(-c5ccc6c(c5)c5ccccc5n6-c5ccc(C(C)C)cc5)ccc3n4-c3ccc(C(C)C)cc3)cc2C(C)C)c1. The molecule has 3 heterocycles. The Hall–Kier alpha value is -8.45. The fourth-order valence-electron chi connectivity index (χ4n) is 10.6. The highest BCUT2D eigenvalue weighted by Gasteiger charge is 2.24. The van der Waals surface area contributed by atoms with Gasteiger partial charge >= 0.3 is 0 Å². The molecule has 11 rings (SSSR count). The minimum atomic E-state index is 0.150. The van der Waals surface area contributed by atoms with Crippen LogP contribution in [0.1, 0.15) is 107 Å². The third-order valence-electron chi connectivity index (χ3n) is 14.4. The van der Waals surface area contributed by atoms with Crippen LogP contribution in [0.4, 0.5) is 5.69 Å². The van der Waals surface area contributed by atoms with Crippen molar-refractivity contribution in [3.8, 4) is 56.8 Å². The molecule has 0 aliphatic heterocycles. The molecular formula is C65H56N6. The average Bonchev–Trinajstić information content (AvgIpc) is 4.08. The summed E-state index contributed by atoms with van der Waals surface area (Å²) < 4.78 is 6.90. The molecule has 0 spiro atoms. The summed E-state index contributed by atoms with van der Waals surface area (Å²) in [5.41, 5.74) is 19.3. The van der Waals surface area contributed by atoms with Gasteiger partial charge in [0.1, 0.15) is 11.9 Å². The maximum Gasteiger partial charge on any atom is 0.187 e. The number of aromatic nitrogens is 4. The minimum absolute atomic E-state index is 0.150. The fourth-order valence-corrected chi connectivity index (χ4v) is 10.6. The lowest BCUT2D eigenvalue weighted by molar-refractivity contribution is 0.807. The number of benzene rings is 8. The van der Waals surface area contributed by atoms with Gasteiger partial charge in [-0.2, -0.15) is 5.26 Å². The Morgan fingerprint density at radius 2 is 0.944 bits per heavy atom. The van der Waals surface area contributed by atoms with Gasteiger partial charge in [0.05, 0.1) is 34.3 Å². The minimum Gasteiger partial charge on any atom is -0.309 e. The van der Waals surface area contributed by atoms with Crippen LogP contribution in [-0.4, -0.2) is 18.7 Å². The maximum atomic E-state index is 10.1. The zero-order valence-electron chi connectivity index (χ0n) is 41.7. The predicted octanol–water partition coefficient (Wildman–Crippen LogP) is 18.0. The maximum absolute atomic E-state index is 10.1. The van der Waals surface area contributed by atoms with Crippen LogP contribution in [0.3, 0.4) is 0 Å². The Morgan fingerprint density at radius 1 is 0.465 bits per heavy atom. The van der Waals surface area contributed by atoms with Crippen LogP contribution in [-0.2, 0) is 0 Å². The summed E-state index contributed by atoms with van der Waals surface area (Å²) in [6.45, 7) is 25.6. The van der Waals surface area contributed by atoms with Gasteiger partial charge in [0.15, 0.2) is 11.4 Å². The van der Waals surface area contributed by atoms with Crippen molar-refractivity contribution < 1.29 is 0 Å². The molecule has 71 heavy (non-hydrogen) atoms. The van der Waals surface area contributed by atoms with E-state index in [1.54, 1.807) is 6.07 Å². The van der Waals surface area contributed by atoms with Gasteiger partial charge in [0.25, 0.3) is 0 Å². The summed E-state index contributed by atoms with van der Waals surface area (Å²) in [4.78, 5) is 8.50. The van der Waals surface area contributed by atoms with Crippen LogP contribution in [0.5, 0.6) is 0 Å². The molecule has 0 saturated carbocycles. The lowest BCUT2D eigenvalue weighted by Crippen LogP contribution is -2.08. The first-order chi connectivity index (χ1) is 34.4. The quantitative estimate of drug-likeness (QED) is 0.128. The Labute approximate surface area is 416 Å². The van der Waals surface area contributed by atoms with Crippen molar-refractivity contribution >= 4 is 49.3 Å². The molecule has 3 aromatic heterocycles. The van der Waals surface area contributed by atoms with Gasteiger partial charge in [-0.1, -0.05) is 134 Å². The van der Waals surface area contributed by atoms with Crippen molar-refractivity contribution in [3.63, 3.8) is 0 Å². The van der Waals surface area contributed by atoms with Gasteiger partial charge < -0.3 is 9.13 Å². The largest absolute Gasteiger partial charge is 0.309 e. The first-order valence-electron chi connectivity index (χ1n) is 24.9. The number of nitriles is 1. The second kappa shape index (κ2) is 17.8. The van der Waals surface area contributed by atoms with Gasteiger partial charge in [0, 0.05) is 44.7 Å². The lowest BCUT2D eigenvalue weighted by Gasteiger charge is -2.24. The molecule has 0 bridgehead atoms. The Balaban J connectivity index is 1.10. The molecular weight excluding hydrogens is 865 g/mol. The second-order valence-corrected chi connectivity index (χ2v) is 20.3. The number of hydrogen-bond acceptors (Lipinski definition) is 2. The lowest BCUT2D eigenvalue weighted by atomic mass is 9.88. The molecule has 0 atom stereocenters. The van der Waals surface area contributed by atoms with Crippen molar-refractivity contribution in [1.82, 2.24) is 18.7 Å². The van der Waals surface area contributed by atoms with E-state index in [0.717, 1.165) is 50.2 Å².